The Labute approximate surface area is 110 Å². The zero-order valence-electron chi connectivity index (χ0n) is 9.92. The van der Waals surface area contributed by atoms with Gasteiger partial charge in [0.1, 0.15) is 5.82 Å². The van der Waals surface area contributed by atoms with Crippen LogP contribution in [0.1, 0.15) is 25.3 Å². The lowest BCUT2D eigenvalue weighted by molar-refractivity contribution is -0.107. The fourth-order valence-electron chi connectivity index (χ4n) is 2.41. The summed E-state index contributed by atoms with van der Waals surface area (Å²) in [6.45, 7) is 3.94. The highest BCUT2D eigenvalue weighted by Gasteiger charge is 2.39. The number of benzene rings is 1. The summed E-state index contributed by atoms with van der Waals surface area (Å²) < 4.78 is 14.3. The number of hydrogen-bond acceptors (Lipinski definition) is 2. The molecule has 0 bridgehead atoms. The minimum absolute atomic E-state index is 0.190. The van der Waals surface area contributed by atoms with Crippen LogP contribution >= 0.6 is 15.9 Å². The van der Waals surface area contributed by atoms with Crippen molar-refractivity contribution in [2.24, 2.45) is 0 Å². The van der Waals surface area contributed by atoms with Crippen LogP contribution in [0, 0.1) is 5.82 Å². The molecule has 17 heavy (non-hydrogen) atoms. The fraction of sp³-hybridized carbons (Fsp3) is 0.538. The summed E-state index contributed by atoms with van der Waals surface area (Å²) >= 11 is 3.24. The lowest BCUT2D eigenvalue weighted by Gasteiger charge is -2.46. The van der Waals surface area contributed by atoms with Gasteiger partial charge in [0.25, 0.3) is 0 Å². The zero-order chi connectivity index (χ0) is 12.5. The van der Waals surface area contributed by atoms with Crippen molar-refractivity contribution in [3.8, 4) is 0 Å². The molecule has 2 rings (SSSR count). The molecule has 0 atom stereocenters. The van der Waals surface area contributed by atoms with Crippen LogP contribution in [0.5, 0.6) is 0 Å². The van der Waals surface area contributed by atoms with E-state index < -0.39 is 5.60 Å². The number of halogens is 2. The van der Waals surface area contributed by atoms with Gasteiger partial charge in [-0.3, -0.25) is 4.90 Å². The van der Waals surface area contributed by atoms with Gasteiger partial charge in [0, 0.05) is 29.7 Å². The van der Waals surface area contributed by atoms with Gasteiger partial charge in [-0.15, -0.1) is 0 Å². The SMILES string of the molecule is CCCC1(O)CN(Cc2ccc(Br)cc2F)C1. The fourth-order valence-corrected chi connectivity index (χ4v) is 2.75. The van der Waals surface area contributed by atoms with Gasteiger partial charge in [-0.25, -0.2) is 4.39 Å². The third kappa shape index (κ3) is 3.06. The first-order valence-electron chi connectivity index (χ1n) is 5.91. The first kappa shape index (κ1) is 13.0. The first-order valence-corrected chi connectivity index (χ1v) is 6.70. The predicted molar refractivity (Wildman–Crippen MR) is 69.2 cm³/mol. The average Bonchev–Trinajstić information content (AvgIpc) is 2.20. The lowest BCUT2D eigenvalue weighted by atomic mass is 9.89. The summed E-state index contributed by atoms with van der Waals surface area (Å²) in [5, 5.41) is 10.0. The van der Waals surface area contributed by atoms with E-state index in [2.05, 4.69) is 27.8 Å². The number of β-amino-alcohol motifs (C(OH)–C–C–N with tert-alkyl or cyclic N) is 1. The Morgan fingerprint density at radius 1 is 1.47 bits per heavy atom. The van der Waals surface area contributed by atoms with Gasteiger partial charge < -0.3 is 5.11 Å². The van der Waals surface area contributed by atoms with Crippen LogP contribution in [0.4, 0.5) is 4.39 Å². The van der Waals surface area contributed by atoms with Crippen LogP contribution < -0.4 is 0 Å². The molecule has 1 aliphatic rings. The van der Waals surface area contributed by atoms with Gasteiger partial charge >= 0.3 is 0 Å². The highest BCUT2D eigenvalue weighted by Crippen LogP contribution is 2.28. The quantitative estimate of drug-likeness (QED) is 0.924. The molecule has 2 nitrogen and oxygen atoms in total. The number of hydrogen-bond donors (Lipinski definition) is 1. The molecule has 0 unspecified atom stereocenters. The van der Waals surface area contributed by atoms with Crippen LogP contribution in [0.15, 0.2) is 22.7 Å². The number of aliphatic hydroxyl groups is 1. The van der Waals surface area contributed by atoms with E-state index >= 15 is 0 Å². The van der Waals surface area contributed by atoms with E-state index in [0.29, 0.717) is 25.2 Å². The van der Waals surface area contributed by atoms with Crippen LogP contribution in [0.3, 0.4) is 0 Å². The second-order valence-corrected chi connectivity index (χ2v) is 5.77. The summed E-state index contributed by atoms with van der Waals surface area (Å²) in [5.74, 6) is -0.190. The van der Waals surface area contributed by atoms with Gasteiger partial charge in [0.2, 0.25) is 0 Å². The second-order valence-electron chi connectivity index (χ2n) is 4.86. The third-order valence-electron chi connectivity index (χ3n) is 3.16. The molecule has 0 radical (unpaired) electrons. The molecule has 94 valence electrons. The minimum atomic E-state index is -0.541. The Kier molecular flexibility index (Phi) is 3.85. The highest BCUT2D eigenvalue weighted by molar-refractivity contribution is 9.10. The van der Waals surface area contributed by atoms with E-state index in [9.17, 15) is 9.50 Å². The van der Waals surface area contributed by atoms with Gasteiger partial charge in [-0.2, -0.15) is 0 Å². The first-order chi connectivity index (χ1) is 8.02. The average molecular weight is 302 g/mol. The molecular weight excluding hydrogens is 285 g/mol. The summed E-state index contributed by atoms with van der Waals surface area (Å²) in [6, 6.07) is 5.11. The Balaban J connectivity index is 1.91. The van der Waals surface area contributed by atoms with Crippen LogP contribution in [0.25, 0.3) is 0 Å². The standard InChI is InChI=1S/C13H17BrFNO/c1-2-5-13(17)8-16(9-13)7-10-3-4-11(14)6-12(10)15/h3-4,6,17H,2,5,7-9H2,1H3. The molecule has 1 aliphatic heterocycles. The predicted octanol–water partition coefficient (Wildman–Crippen LogP) is 2.94. The van der Waals surface area contributed by atoms with Crippen molar-refractivity contribution in [3.63, 3.8) is 0 Å². The molecule has 0 saturated carbocycles. The maximum atomic E-state index is 13.6. The van der Waals surface area contributed by atoms with Gasteiger partial charge in [0.05, 0.1) is 5.60 Å². The van der Waals surface area contributed by atoms with Crippen molar-refractivity contribution >= 4 is 15.9 Å². The normalized spacial score (nSPS) is 19.1. The highest BCUT2D eigenvalue weighted by atomic mass is 79.9. The van der Waals surface area contributed by atoms with Gasteiger partial charge in [0.15, 0.2) is 0 Å². The largest absolute Gasteiger partial charge is 0.387 e. The van der Waals surface area contributed by atoms with Crippen LogP contribution in [0.2, 0.25) is 0 Å². The summed E-state index contributed by atoms with van der Waals surface area (Å²) in [6.07, 6.45) is 1.81. The summed E-state index contributed by atoms with van der Waals surface area (Å²) in [5.41, 5.74) is 0.146. The smallest absolute Gasteiger partial charge is 0.128 e. The van der Waals surface area contributed by atoms with E-state index in [4.69, 9.17) is 0 Å². The maximum Gasteiger partial charge on any atom is 0.128 e. The Hall–Kier alpha value is -0.450. The van der Waals surface area contributed by atoms with Crippen molar-refractivity contribution in [1.82, 2.24) is 4.90 Å². The molecule has 1 aromatic carbocycles. The monoisotopic (exact) mass is 301 g/mol. The Bertz CT molecular complexity index is 404. The van der Waals surface area contributed by atoms with E-state index in [0.717, 1.165) is 17.3 Å². The van der Waals surface area contributed by atoms with E-state index in [-0.39, 0.29) is 5.82 Å². The molecule has 0 spiro atoms. The molecular formula is C13H17BrFNO. The molecule has 0 aliphatic carbocycles. The molecule has 1 saturated heterocycles. The Morgan fingerprint density at radius 3 is 2.76 bits per heavy atom. The molecule has 1 N–H and O–H groups in total. The zero-order valence-corrected chi connectivity index (χ0v) is 11.5. The van der Waals surface area contributed by atoms with Crippen LogP contribution in [-0.4, -0.2) is 28.7 Å². The summed E-state index contributed by atoms with van der Waals surface area (Å²) in [4.78, 5) is 2.07. The lowest BCUT2D eigenvalue weighted by Crippen LogP contribution is -2.61. The minimum Gasteiger partial charge on any atom is -0.387 e. The molecule has 1 aromatic rings. The van der Waals surface area contributed by atoms with Crippen molar-refractivity contribution in [3.05, 3.63) is 34.1 Å². The Morgan fingerprint density at radius 2 is 2.18 bits per heavy atom. The molecule has 1 fully saturated rings. The maximum absolute atomic E-state index is 13.6. The van der Waals surface area contributed by atoms with Crippen molar-refractivity contribution in [2.75, 3.05) is 13.1 Å². The van der Waals surface area contributed by atoms with Crippen molar-refractivity contribution in [1.29, 1.82) is 0 Å². The van der Waals surface area contributed by atoms with E-state index in [1.54, 1.807) is 6.07 Å². The molecule has 4 heteroatoms. The van der Waals surface area contributed by atoms with Gasteiger partial charge in [-0.1, -0.05) is 35.3 Å². The molecule has 0 amide bonds. The second kappa shape index (κ2) is 5.04. The van der Waals surface area contributed by atoms with Crippen molar-refractivity contribution in [2.45, 2.75) is 31.9 Å². The molecule has 1 heterocycles. The number of rotatable bonds is 4. The topological polar surface area (TPSA) is 23.5 Å². The number of likely N-dealkylation sites (tertiary alicyclic amines) is 1. The van der Waals surface area contributed by atoms with Gasteiger partial charge in [-0.05, 0) is 18.6 Å². The third-order valence-corrected chi connectivity index (χ3v) is 3.65. The van der Waals surface area contributed by atoms with E-state index in [1.807, 2.05) is 6.07 Å². The molecule has 0 aromatic heterocycles. The van der Waals surface area contributed by atoms with E-state index in [1.165, 1.54) is 6.07 Å². The van der Waals surface area contributed by atoms with Crippen LogP contribution in [-0.2, 0) is 6.54 Å². The number of nitrogens with zero attached hydrogens (tertiary/aromatic N) is 1. The van der Waals surface area contributed by atoms with Crippen molar-refractivity contribution < 1.29 is 9.50 Å². The summed E-state index contributed by atoms with van der Waals surface area (Å²) in [7, 11) is 0.